The fourth-order valence-corrected chi connectivity index (χ4v) is 5.80. The monoisotopic (exact) mass is 324 g/mol. The van der Waals surface area contributed by atoms with Crippen molar-refractivity contribution in [2.45, 2.75) is 43.9 Å². The van der Waals surface area contributed by atoms with Crippen LogP contribution in [0.15, 0.2) is 18.2 Å². The Labute approximate surface area is 141 Å². The number of carbonyl (C=O) groups excluding carboxylic acids is 1. The Hall–Kier alpha value is -2.28. The molecule has 0 aliphatic heterocycles. The minimum atomic E-state index is -1.12. The van der Waals surface area contributed by atoms with E-state index in [1.165, 1.54) is 19.3 Å². The Morgan fingerprint density at radius 3 is 2.17 bits per heavy atom. The highest BCUT2D eigenvalue weighted by molar-refractivity contribution is 6.02. The minimum Gasteiger partial charge on any atom is -0.478 e. The lowest BCUT2D eigenvalue weighted by Gasteiger charge is -2.57. The van der Waals surface area contributed by atoms with E-state index in [4.69, 9.17) is 6.42 Å². The van der Waals surface area contributed by atoms with Crippen LogP contribution in [0.3, 0.4) is 0 Å². The van der Waals surface area contributed by atoms with Crippen LogP contribution in [0.25, 0.3) is 0 Å². The van der Waals surface area contributed by atoms with Gasteiger partial charge < -0.3 is 9.84 Å². The number of carbonyl (C=O) groups is 2. The second-order valence-electron chi connectivity index (χ2n) is 7.77. The van der Waals surface area contributed by atoms with Gasteiger partial charge in [-0.15, -0.1) is 0 Å². The lowest BCUT2D eigenvalue weighted by Crippen LogP contribution is -2.48. The van der Waals surface area contributed by atoms with E-state index in [1.807, 2.05) is 12.2 Å². The molecule has 1 aromatic rings. The Balaban J connectivity index is 1.74. The molecule has 0 atom stereocenters. The van der Waals surface area contributed by atoms with Gasteiger partial charge in [0.15, 0.2) is 0 Å². The number of esters is 1. The molecular weight excluding hydrogens is 304 g/mol. The summed E-state index contributed by atoms with van der Waals surface area (Å²) >= 11 is 0. The molecule has 0 radical (unpaired) electrons. The molecule has 0 amide bonds. The molecule has 4 saturated carbocycles. The van der Waals surface area contributed by atoms with Crippen LogP contribution in [0.2, 0.25) is 0 Å². The van der Waals surface area contributed by atoms with Crippen LogP contribution < -0.4 is 0 Å². The molecule has 4 heteroatoms. The zero-order valence-electron chi connectivity index (χ0n) is 13.5. The topological polar surface area (TPSA) is 63.6 Å². The quantitative estimate of drug-likeness (QED) is 0.681. The van der Waals surface area contributed by atoms with Crippen molar-refractivity contribution < 1.29 is 19.4 Å². The number of terminal acetylenes is 1. The van der Waals surface area contributed by atoms with E-state index in [-0.39, 0.29) is 16.5 Å². The highest BCUT2D eigenvalue weighted by Gasteiger charge is 2.51. The molecule has 5 rings (SSSR count). The molecule has 4 bridgehead atoms. The van der Waals surface area contributed by atoms with Gasteiger partial charge in [0.25, 0.3) is 0 Å². The number of rotatable bonds is 3. The first kappa shape index (κ1) is 15.3. The summed E-state index contributed by atoms with van der Waals surface area (Å²) in [5, 5.41) is 9.53. The number of ether oxygens (including phenoxy) is 1. The van der Waals surface area contributed by atoms with E-state index in [0.717, 1.165) is 42.6 Å². The fourth-order valence-electron chi connectivity index (χ4n) is 5.80. The number of aromatic carboxylic acids is 1. The highest BCUT2D eigenvalue weighted by atomic mass is 16.5. The molecule has 0 heterocycles. The molecule has 0 saturated heterocycles. The maximum absolute atomic E-state index is 11.9. The van der Waals surface area contributed by atoms with Gasteiger partial charge in [-0.3, -0.25) is 0 Å². The van der Waals surface area contributed by atoms with Gasteiger partial charge >= 0.3 is 11.9 Å². The molecule has 0 unspecified atom stereocenters. The second-order valence-corrected chi connectivity index (χ2v) is 7.77. The van der Waals surface area contributed by atoms with Crippen molar-refractivity contribution >= 4 is 11.9 Å². The Morgan fingerprint density at radius 1 is 1.08 bits per heavy atom. The Kier molecular flexibility index (Phi) is 3.42. The number of carboxylic acid groups (broad SMARTS) is 1. The van der Waals surface area contributed by atoms with Crippen LogP contribution in [-0.2, 0) is 10.2 Å². The zero-order chi connectivity index (χ0) is 16.9. The predicted octanol–water partition coefficient (Wildman–Crippen LogP) is 3.60. The van der Waals surface area contributed by atoms with Gasteiger partial charge in [0.1, 0.15) is 6.11 Å². The average molecular weight is 324 g/mol. The summed E-state index contributed by atoms with van der Waals surface area (Å²) in [5.41, 5.74) is 1.17. The summed E-state index contributed by atoms with van der Waals surface area (Å²) in [6.45, 7) is 0. The maximum atomic E-state index is 11.9. The van der Waals surface area contributed by atoms with E-state index in [1.54, 1.807) is 12.1 Å². The number of carboxylic acids is 1. The first-order valence-corrected chi connectivity index (χ1v) is 8.55. The van der Waals surface area contributed by atoms with Crippen molar-refractivity contribution in [3.63, 3.8) is 0 Å². The number of hydrogen-bond donors (Lipinski definition) is 1. The van der Waals surface area contributed by atoms with Crippen molar-refractivity contribution in [3.05, 3.63) is 34.9 Å². The molecule has 4 aliphatic rings. The van der Waals surface area contributed by atoms with Gasteiger partial charge in [0, 0.05) is 0 Å². The van der Waals surface area contributed by atoms with Crippen molar-refractivity contribution in [2.75, 3.05) is 0 Å². The Morgan fingerprint density at radius 2 is 1.67 bits per heavy atom. The van der Waals surface area contributed by atoms with E-state index in [2.05, 4.69) is 4.74 Å². The summed E-state index contributed by atoms with van der Waals surface area (Å²) in [7, 11) is 0. The number of benzene rings is 1. The van der Waals surface area contributed by atoms with Gasteiger partial charge in [-0.2, -0.15) is 0 Å². The van der Waals surface area contributed by atoms with Crippen molar-refractivity contribution in [1.29, 1.82) is 0 Å². The molecule has 124 valence electrons. The normalized spacial score (nSPS) is 33.0. The van der Waals surface area contributed by atoms with Crippen molar-refractivity contribution in [1.82, 2.24) is 0 Å². The summed E-state index contributed by atoms with van der Waals surface area (Å²) < 4.78 is 4.53. The van der Waals surface area contributed by atoms with Crippen LogP contribution in [-0.4, -0.2) is 17.0 Å². The molecule has 1 N–H and O–H groups in total. The van der Waals surface area contributed by atoms with E-state index < -0.39 is 11.9 Å². The van der Waals surface area contributed by atoms with Gasteiger partial charge in [-0.1, -0.05) is 12.5 Å². The average Bonchev–Trinajstić information content (AvgIpc) is 2.53. The molecule has 4 fully saturated rings. The maximum Gasteiger partial charge on any atom is 0.352 e. The van der Waals surface area contributed by atoms with E-state index in [0.29, 0.717) is 0 Å². The largest absolute Gasteiger partial charge is 0.478 e. The smallest absolute Gasteiger partial charge is 0.352 e. The SMILES string of the molecule is C#COC(=O)c1ccc(C23CC4CC(CC(C4)C2)C3)cc1C(=O)O. The predicted molar refractivity (Wildman–Crippen MR) is 87.5 cm³/mol. The molecule has 24 heavy (non-hydrogen) atoms. The van der Waals surface area contributed by atoms with Crippen LogP contribution in [0.4, 0.5) is 0 Å². The second kappa shape index (κ2) is 5.37. The van der Waals surface area contributed by atoms with Crippen LogP contribution in [0.1, 0.15) is 64.8 Å². The van der Waals surface area contributed by atoms with Gasteiger partial charge in [-0.05, 0) is 79.4 Å². The highest BCUT2D eigenvalue weighted by Crippen LogP contribution is 2.60. The van der Waals surface area contributed by atoms with Crippen LogP contribution >= 0.6 is 0 Å². The molecule has 1 aromatic carbocycles. The first-order valence-electron chi connectivity index (χ1n) is 8.55. The van der Waals surface area contributed by atoms with Gasteiger partial charge in [0.2, 0.25) is 0 Å². The molecular formula is C20H20O4. The fraction of sp³-hybridized carbons (Fsp3) is 0.500. The lowest BCUT2D eigenvalue weighted by atomic mass is 9.48. The molecule has 0 spiro atoms. The van der Waals surface area contributed by atoms with Gasteiger partial charge in [0.05, 0.1) is 11.1 Å². The Bertz CT molecular complexity index is 720. The summed E-state index contributed by atoms with van der Waals surface area (Å²) in [6.07, 6.45) is 14.2. The summed E-state index contributed by atoms with van der Waals surface area (Å²) in [4.78, 5) is 23.6. The van der Waals surface area contributed by atoms with Crippen molar-refractivity contribution in [2.24, 2.45) is 17.8 Å². The molecule has 0 aromatic heterocycles. The molecule has 4 aliphatic carbocycles. The standard InChI is InChI=1S/C20H20O4/c1-2-24-19(23)16-4-3-15(8-17(16)18(21)22)20-9-12-5-13(10-20)7-14(6-12)11-20/h1,3-4,8,12-14H,5-7,9-11H2,(H,21,22). The molecule has 4 nitrogen and oxygen atoms in total. The third kappa shape index (κ3) is 2.31. The zero-order valence-corrected chi connectivity index (χ0v) is 13.5. The minimum absolute atomic E-state index is 0.0107. The van der Waals surface area contributed by atoms with E-state index in [9.17, 15) is 14.7 Å². The number of hydrogen-bond acceptors (Lipinski definition) is 3. The summed E-state index contributed by atoms with van der Waals surface area (Å²) in [6, 6.07) is 5.16. The lowest BCUT2D eigenvalue weighted by molar-refractivity contribution is -0.00523. The first-order chi connectivity index (χ1) is 11.5. The third-order valence-electron chi connectivity index (χ3n) is 6.27. The van der Waals surface area contributed by atoms with Crippen LogP contribution in [0, 0.1) is 30.3 Å². The summed E-state index contributed by atoms with van der Waals surface area (Å²) in [5.74, 6) is 0.416. The van der Waals surface area contributed by atoms with Gasteiger partial charge in [-0.25, -0.2) is 9.59 Å². The van der Waals surface area contributed by atoms with Crippen LogP contribution in [0.5, 0.6) is 0 Å². The van der Waals surface area contributed by atoms with Crippen molar-refractivity contribution in [3.8, 4) is 12.5 Å². The third-order valence-corrected chi connectivity index (χ3v) is 6.27. The van der Waals surface area contributed by atoms with E-state index >= 15 is 0 Å².